The Hall–Kier alpha value is 0.840. The van der Waals surface area contributed by atoms with Gasteiger partial charge in [-0.1, -0.05) is 23.2 Å². The van der Waals surface area contributed by atoms with Crippen molar-refractivity contribution in [1.29, 1.82) is 0 Å². The molecule has 0 saturated carbocycles. The van der Waals surface area contributed by atoms with Gasteiger partial charge in [-0.3, -0.25) is 0 Å². The number of hydrogen-bond acceptors (Lipinski definition) is 3. The number of halogens is 3. The third-order valence-corrected chi connectivity index (χ3v) is 3.10. The summed E-state index contributed by atoms with van der Waals surface area (Å²) in [5, 5.41) is 9.13. The molecule has 0 aliphatic carbocycles. The summed E-state index contributed by atoms with van der Waals surface area (Å²) in [7, 11) is 0.978. The third kappa shape index (κ3) is 3.45. The fourth-order valence-electron chi connectivity index (χ4n) is 0.728. The van der Waals surface area contributed by atoms with Crippen LogP contribution in [-0.2, 0) is 9.05 Å². The molecule has 14 heavy (non-hydrogen) atoms. The van der Waals surface area contributed by atoms with Gasteiger partial charge in [-0.15, -0.1) is 0 Å². The van der Waals surface area contributed by atoms with Gasteiger partial charge in [-0.2, -0.15) is 0 Å². The molecule has 1 aromatic rings. The van der Waals surface area contributed by atoms with Crippen LogP contribution in [0.15, 0.2) is 17.0 Å². The van der Waals surface area contributed by atoms with Crippen LogP contribution < -0.4 is 0 Å². The van der Waals surface area contributed by atoms with E-state index >= 15 is 0 Å². The minimum atomic E-state index is -4.03. The van der Waals surface area contributed by atoms with Crippen LogP contribution in [0.3, 0.4) is 0 Å². The molecule has 8 heteroatoms. The molecule has 0 unspecified atom stereocenters. The van der Waals surface area contributed by atoms with E-state index in [0.717, 1.165) is 6.07 Å². The van der Waals surface area contributed by atoms with Crippen molar-refractivity contribution < 1.29 is 13.5 Å². The van der Waals surface area contributed by atoms with Gasteiger partial charge >= 0.3 is 29.6 Å². The van der Waals surface area contributed by atoms with E-state index in [2.05, 4.69) is 0 Å². The zero-order chi connectivity index (χ0) is 10.2. The van der Waals surface area contributed by atoms with E-state index in [1.807, 2.05) is 0 Å². The Morgan fingerprint density at radius 3 is 2.14 bits per heavy atom. The summed E-state index contributed by atoms with van der Waals surface area (Å²) in [5.74, 6) is -0.596. The van der Waals surface area contributed by atoms with E-state index in [1.54, 1.807) is 0 Å². The molecule has 3 nitrogen and oxygen atoms in total. The molecule has 0 amide bonds. The molecule has 0 fully saturated rings. The number of aromatic hydroxyl groups is 1. The zero-order valence-corrected chi connectivity index (χ0v) is 9.04. The molecule has 1 rings (SSSR count). The second-order valence-corrected chi connectivity index (χ2v) is 5.55. The minimum absolute atomic E-state index is 0. The maximum atomic E-state index is 10.8. The molecule has 1 aromatic carbocycles. The summed E-state index contributed by atoms with van der Waals surface area (Å²) in [6.07, 6.45) is 0. The molecule has 0 aromatic heterocycles. The van der Waals surface area contributed by atoms with Crippen molar-refractivity contribution in [3.05, 3.63) is 22.2 Å². The Labute approximate surface area is 118 Å². The van der Waals surface area contributed by atoms with Gasteiger partial charge in [0.2, 0.25) is 0 Å². The molecule has 0 aliphatic heterocycles. The van der Waals surface area contributed by atoms with Gasteiger partial charge < -0.3 is 5.11 Å². The van der Waals surface area contributed by atoms with E-state index in [1.165, 1.54) is 6.07 Å². The molecule has 0 saturated heterocycles. The Kier molecular flexibility index (Phi) is 5.57. The zero-order valence-electron chi connectivity index (χ0n) is 5.96. The van der Waals surface area contributed by atoms with Crippen LogP contribution in [0.2, 0.25) is 10.0 Å². The molecule has 0 heterocycles. The van der Waals surface area contributed by atoms with Crippen LogP contribution in [0, 0.1) is 0 Å². The van der Waals surface area contributed by atoms with Crippen molar-refractivity contribution in [2.75, 3.05) is 0 Å². The number of rotatable bonds is 1. The van der Waals surface area contributed by atoms with E-state index in [0.29, 0.717) is 0 Å². The van der Waals surface area contributed by atoms with Gasteiger partial charge in [0.1, 0.15) is 4.90 Å². The molecule has 74 valence electrons. The number of hydrogen-bond donors (Lipinski definition) is 1. The first-order valence-corrected chi connectivity index (χ1v) is 6.01. The summed E-state index contributed by atoms with van der Waals surface area (Å²) < 4.78 is 21.7. The van der Waals surface area contributed by atoms with E-state index in [9.17, 15) is 13.5 Å². The van der Waals surface area contributed by atoms with Gasteiger partial charge in [0.15, 0.2) is 5.75 Å². The molecule has 0 aliphatic rings. The predicted molar refractivity (Wildman–Crippen MR) is 58.3 cm³/mol. The standard InChI is InChI=1S/C6H3Cl3O3S.Na.H/c7-3-1-4(8)6(10)5(2-3)13(9,11)12;;/h1-2,10H;;. The van der Waals surface area contributed by atoms with Crippen molar-refractivity contribution in [3.8, 4) is 5.75 Å². The molecule has 1 N–H and O–H groups in total. The number of phenols is 1. The van der Waals surface area contributed by atoms with Crippen LogP contribution in [0.5, 0.6) is 5.75 Å². The predicted octanol–water partition coefficient (Wildman–Crippen LogP) is 1.98. The first kappa shape index (κ1) is 14.8. The van der Waals surface area contributed by atoms with Crippen LogP contribution >= 0.6 is 33.9 Å². The fraction of sp³-hybridized carbons (Fsp3) is 0. The topological polar surface area (TPSA) is 54.4 Å². The summed E-state index contributed by atoms with van der Waals surface area (Å²) in [5.41, 5.74) is 0. The Morgan fingerprint density at radius 1 is 1.21 bits per heavy atom. The van der Waals surface area contributed by atoms with Gasteiger partial charge in [0.25, 0.3) is 9.05 Å². The maximum absolute atomic E-state index is 10.8. The van der Waals surface area contributed by atoms with Crippen molar-refractivity contribution in [1.82, 2.24) is 0 Å². The van der Waals surface area contributed by atoms with Crippen LogP contribution in [-0.4, -0.2) is 43.1 Å². The molecule has 0 radical (unpaired) electrons. The second-order valence-electron chi connectivity index (χ2n) is 2.17. The van der Waals surface area contributed by atoms with Gasteiger partial charge in [-0.25, -0.2) is 8.42 Å². The number of benzene rings is 1. The van der Waals surface area contributed by atoms with Gasteiger partial charge in [-0.05, 0) is 12.1 Å². The Bertz CT molecular complexity index is 446. The van der Waals surface area contributed by atoms with Crippen LogP contribution in [0.1, 0.15) is 0 Å². The van der Waals surface area contributed by atoms with Crippen LogP contribution in [0.25, 0.3) is 0 Å². The van der Waals surface area contributed by atoms with Crippen molar-refractivity contribution >= 4 is 72.5 Å². The summed E-state index contributed by atoms with van der Waals surface area (Å²) >= 11 is 11.0. The molecular formula is C6H4Cl3NaO3S. The fourth-order valence-corrected chi connectivity index (χ4v) is 2.30. The van der Waals surface area contributed by atoms with E-state index in [-0.39, 0.29) is 39.6 Å². The van der Waals surface area contributed by atoms with Crippen molar-refractivity contribution in [3.63, 3.8) is 0 Å². The monoisotopic (exact) mass is 284 g/mol. The first-order chi connectivity index (χ1) is 5.82. The van der Waals surface area contributed by atoms with E-state index in [4.69, 9.17) is 33.9 Å². The summed E-state index contributed by atoms with van der Waals surface area (Å²) in [6, 6.07) is 2.23. The number of phenolic OH excluding ortho intramolecular Hbond substituents is 1. The van der Waals surface area contributed by atoms with Gasteiger partial charge in [0.05, 0.1) is 5.02 Å². The Balaban J connectivity index is 0.00000169. The van der Waals surface area contributed by atoms with Crippen molar-refractivity contribution in [2.24, 2.45) is 0 Å². The average Bonchev–Trinajstić information content (AvgIpc) is 1.94. The van der Waals surface area contributed by atoms with Crippen molar-refractivity contribution in [2.45, 2.75) is 4.90 Å². The average molecular weight is 286 g/mol. The SMILES string of the molecule is O=S(=O)(Cl)c1cc(Cl)cc(Cl)c1O.[NaH]. The van der Waals surface area contributed by atoms with Crippen LogP contribution in [0.4, 0.5) is 0 Å². The molecular weight excluding hydrogens is 281 g/mol. The summed E-state index contributed by atoms with van der Waals surface area (Å²) in [6.45, 7) is 0. The molecule has 0 bridgehead atoms. The first-order valence-electron chi connectivity index (χ1n) is 2.95. The Morgan fingerprint density at radius 2 is 1.71 bits per heavy atom. The third-order valence-electron chi connectivity index (χ3n) is 1.26. The second kappa shape index (κ2) is 5.25. The summed E-state index contributed by atoms with van der Waals surface area (Å²) in [4.78, 5) is -0.494. The normalized spacial score (nSPS) is 10.8. The molecule has 0 atom stereocenters. The quantitative estimate of drug-likeness (QED) is 0.634. The van der Waals surface area contributed by atoms with Gasteiger partial charge in [0, 0.05) is 15.7 Å². The molecule has 0 spiro atoms. The van der Waals surface area contributed by atoms with E-state index < -0.39 is 19.7 Å².